The second-order valence-corrected chi connectivity index (χ2v) is 5.27. The average Bonchev–Trinajstić information content (AvgIpc) is 2.37. The van der Waals surface area contributed by atoms with Gasteiger partial charge in [0, 0.05) is 17.8 Å². The third-order valence-corrected chi connectivity index (χ3v) is 3.04. The molecule has 0 rings (SSSR count). The molecule has 0 saturated heterocycles. The van der Waals surface area contributed by atoms with Crippen molar-refractivity contribution in [1.82, 2.24) is 0 Å². The zero-order chi connectivity index (χ0) is 16.6. The number of ether oxygens (including phenoxy) is 2. The number of hydrogen-bond donors (Lipinski definition) is 2. The lowest BCUT2D eigenvalue weighted by atomic mass is 9.99. The van der Waals surface area contributed by atoms with Crippen molar-refractivity contribution < 1.29 is 24.6 Å². The highest BCUT2D eigenvalue weighted by molar-refractivity contribution is 4.92. The normalized spacial score (nSPS) is 16.8. The maximum atomic E-state index is 11.3. The van der Waals surface area contributed by atoms with E-state index in [2.05, 4.69) is 13.2 Å². The first-order valence-electron chi connectivity index (χ1n) is 6.68. The summed E-state index contributed by atoms with van der Waals surface area (Å²) in [4.78, 5) is 10.8. The molecule has 0 saturated carbocycles. The molecule has 0 aliphatic rings. The first-order chi connectivity index (χ1) is 9.64. The van der Waals surface area contributed by atoms with E-state index in [1.54, 1.807) is 20.8 Å². The topological polar surface area (TPSA) is 102 Å². The molecule has 122 valence electrons. The summed E-state index contributed by atoms with van der Waals surface area (Å²) in [5.74, 6) is 0. The van der Waals surface area contributed by atoms with Gasteiger partial charge in [-0.2, -0.15) is 0 Å². The van der Waals surface area contributed by atoms with Crippen LogP contribution in [0.3, 0.4) is 0 Å². The molecular formula is C14H25NO6. The van der Waals surface area contributed by atoms with Gasteiger partial charge >= 0.3 is 0 Å². The summed E-state index contributed by atoms with van der Waals surface area (Å²) < 4.78 is 10.2. The maximum Gasteiger partial charge on any atom is 0.267 e. The lowest BCUT2D eigenvalue weighted by Gasteiger charge is -2.26. The highest BCUT2D eigenvalue weighted by atomic mass is 16.7. The van der Waals surface area contributed by atoms with Crippen LogP contribution in [-0.2, 0) is 9.47 Å². The van der Waals surface area contributed by atoms with Gasteiger partial charge in [0.1, 0.15) is 13.2 Å². The van der Waals surface area contributed by atoms with Crippen LogP contribution in [0.15, 0.2) is 24.3 Å². The van der Waals surface area contributed by atoms with Gasteiger partial charge < -0.3 is 19.7 Å². The van der Waals surface area contributed by atoms with Gasteiger partial charge in [0.2, 0.25) is 0 Å². The van der Waals surface area contributed by atoms with Gasteiger partial charge in [-0.3, -0.25) is 10.1 Å². The minimum Gasteiger partial charge on any atom is -0.368 e. The quantitative estimate of drug-likeness (QED) is 0.260. The smallest absolute Gasteiger partial charge is 0.267 e. The van der Waals surface area contributed by atoms with Gasteiger partial charge in [-0.15, -0.1) is 0 Å². The van der Waals surface area contributed by atoms with Gasteiger partial charge in [-0.1, -0.05) is 25.7 Å². The largest absolute Gasteiger partial charge is 0.368 e. The van der Waals surface area contributed by atoms with Crippen molar-refractivity contribution in [2.24, 2.45) is 0 Å². The minimum atomic E-state index is -1.54. The zero-order valence-electron chi connectivity index (χ0n) is 12.9. The van der Waals surface area contributed by atoms with Crippen molar-refractivity contribution in [3.05, 3.63) is 34.4 Å². The Kier molecular flexibility index (Phi) is 8.34. The van der Waals surface area contributed by atoms with Crippen molar-refractivity contribution in [2.75, 3.05) is 13.2 Å². The zero-order valence-corrected chi connectivity index (χ0v) is 12.9. The van der Waals surface area contributed by atoms with Gasteiger partial charge in [-0.05, 0) is 19.4 Å². The molecular weight excluding hydrogens is 278 g/mol. The summed E-state index contributed by atoms with van der Waals surface area (Å²) in [7, 11) is 0. The molecule has 0 radical (unpaired) electrons. The molecule has 0 aromatic rings. The summed E-state index contributed by atoms with van der Waals surface area (Å²) in [6.45, 7) is 11.4. The molecule has 0 amide bonds. The number of rotatable bonds is 11. The van der Waals surface area contributed by atoms with E-state index in [0.29, 0.717) is 11.1 Å². The first kappa shape index (κ1) is 19.7. The number of hydrogen-bond acceptors (Lipinski definition) is 6. The Hall–Kier alpha value is -1.28. The first-order valence-corrected chi connectivity index (χ1v) is 6.68. The van der Waals surface area contributed by atoms with Crippen molar-refractivity contribution in [3.8, 4) is 0 Å². The summed E-state index contributed by atoms with van der Waals surface area (Å²) in [6.07, 6.45) is -2.09. The summed E-state index contributed by atoms with van der Waals surface area (Å²) in [5.41, 5.74) is -0.474. The Bertz CT molecular complexity index is 384. The molecule has 7 heteroatoms. The molecule has 0 spiro atoms. The summed E-state index contributed by atoms with van der Waals surface area (Å²) in [6, 6.07) is 0. The minimum absolute atomic E-state index is 0.128. The van der Waals surface area contributed by atoms with E-state index in [1.165, 1.54) is 0 Å². The van der Waals surface area contributed by atoms with Crippen LogP contribution in [-0.4, -0.2) is 46.5 Å². The maximum absolute atomic E-state index is 11.3. The number of aliphatic hydroxyl groups is 2. The Balaban J connectivity index is 4.72. The molecule has 7 nitrogen and oxygen atoms in total. The van der Waals surface area contributed by atoms with E-state index in [-0.39, 0.29) is 26.1 Å². The number of nitro groups is 1. The molecule has 2 unspecified atom stereocenters. The van der Waals surface area contributed by atoms with Crippen LogP contribution >= 0.6 is 0 Å². The summed E-state index contributed by atoms with van der Waals surface area (Å²) in [5, 5.41) is 30.4. The van der Waals surface area contributed by atoms with Crippen molar-refractivity contribution in [1.29, 1.82) is 0 Å². The molecule has 0 aliphatic heterocycles. The van der Waals surface area contributed by atoms with Gasteiger partial charge in [0.15, 0.2) is 12.6 Å². The highest BCUT2D eigenvalue weighted by Gasteiger charge is 2.43. The molecule has 0 heterocycles. The van der Waals surface area contributed by atoms with Crippen LogP contribution in [0.4, 0.5) is 0 Å². The Labute approximate surface area is 125 Å². The van der Waals surface area contributed by atoms with Crippen molar-refractivity contribution in [3.63, 3.8) is 0 Å². The van der Waals surface area contributed by atoms with Gasteiger partial charge in [0.05, 0.1) is 0 Å². The third kappa shape index (κ3) is 6.81. The van der Waals surface area contributed by atoms with Crippen LogP contribution in [0.25, 0.3) is 0 Å². The Morgan fingerprint density at radius 3 is 2.19 bits per heavy atom. The van der Waals surface area contributed by atoms with Crippen LogP contribution < -0.4 is 0 Å². The second kappa shape index (κ2) is 8.89. The lowest BCUT2D eigenvalue weighted by molar-refractivity contribution is -0.582. The van der Waals surface area contributed by atoms with Crippen LogP contribution in [0, 0.1) is 10.1 Å². The predicted octanol–water partition coefficient (Wildman–Crippen LogP) is 1.62. The highest BCUT2D eigenvalue weighted by Crippen LogP contribution is 2.19. The van der Waals surface area contributed by atoms with Gasteiger partial charge in [-0.25, -0.2) is 0 Å². The second-order valence-electron chi connectivity index (χ2n) is 5.27. The Morgan fingerprint density at radius 1 is 1.29 bits per heavy atom. The van der Waals surface area contributed by atoms with Gasteiger partial charge in [0.25, 0.3) is 5.54 Å². The fourth-order valence-corrected chi connectivity index (χ4v) is 1.46. The molecule has 0 aliphatic carbocycles. The monoisotopic (exact) mass is 303 g/mol. The van der Waals surface area contributed by atoms with Crippen LogP contribution in [0.5, 0.6) is 0 Å². The molecule has 0 fully saturated rings. The molecule has 0 aromatic carbocycles. The average molecular weight is 303 g/mol. The summed E-state index contributed by atoms with van der Waals surface area (Å²) >= 11 is 0. The lowest BCUT2D eigenvalue weighted by Crippen LogP contribution is -2.48. The van der Waals surface area contributed by atoms with E-state index < -0.39 is 23.0 Å². The van der Waals surface area contributed by atoms with E-state index in [4.69, 9.17) is 9.47 Å². The standard InChI is InChI=1S/C14H25NO6/c1-6-14(15(18)19,9-21-13(17)11(4)5)8-20-12(16)7-10(2)3/h12-13,16-17H,2,4,6-9H2,1,3,5H3/t12-,13?,14?/m0/s1. The molecule has 2 N–H and O–H groups in total. The van der Waals surface area contributed by atoms with E-state index in [0.717, 1.165) is 0 Å². The fraction of sp³-hybridized carbons (Fsp3) is 0.714. The van der Waals surface area contributed by atoms with Crippen LogP contribution in [0.2, 0.25) is 0 Å². The third-order valence-electron chi connectivity index (χ3n) is 3.04. The molecule has 3 atom stereocenters. The number of aliphatic hydroxyl groups excluding tert-OH is 2. The van der Waals surface area contributed by atoms with Crippen molar-refractivity contribution >= 4 is 0 Å². The van der Waals surface area contributed by atoms with E-state index in [1.807, 2.05) is 0 Å². The van der Waals surface area contributed by atoms with Crippen LogP contribution in [0.1, 0.15) is 33.6 Å². The SMILES string of the molecule is C=C(C)C[C@@H](O)OCC(CC)(COC(O)C(=C)C)[N+](=O)[O-]. The van der Waals surface area contributed by atoms with E-state index >= 15 is 0 Å². The van der Waals surface area contributed by atoms with Crippen molar-refractivity contribution in [2.45, 2.75) is 51.7 Å². The van der Waals surface area contributed by atoms with E-state index in [9.17, 15) is 20.3 Å². The molecule has 21 heavy (non-hydrogen) atoms. The fourth-order valence-electron chi connectivity index (χ4n) is 1.46. The predicted molar refractivity (Wildman–Crippen MR) is 78.2 cm³/mol. The number of nitrogens with zero attached hydrogens (tertiary/aromatic N) is 1. The molecule has 0 bridgehead atoms. The Morgan fingerprint density at radius 2 is 1.81 bits per heavy atom. The molecule has 0 aromatic heterocycles.